The first kappa shape index (κ1) is 17.5. The number of nitrogens with one attached hydrogen (secondary N) is 2. The van der Waals surface area contributed by atoms with E-state index in [2.05, 4.69) is 10.6 Å². The van der Waals surface area contributed by atoms with Crippen LogP contribution in [0.4, 0.5) is 9.59 Å². The van der Waals surface area contributed by atoms with Gasteiger partial charge >= 0.3 is 12.2 Å². The summed E-state index contributed by atoms with van der Waals surface area (Å²) in [5, 5.41) is 13.3. The van der Waals surface area contributed by atoms with Gasteiger partial charge in [-0.1, -0.05) is 12.8 Å². The lowest BCUT2D eigenvalue weighted by molar-refractivity contribution is 0.112. The quantitative estimate of drug-likeness (QED) is 0.480. The average molecular weight is 308 g/mol. The summed E-state index contributed by atoms with van der Waals surface area (Å²) in [5.41, 5.74) is 0.519. The lowest BCUT2D eigenvalue weighted by Gasteiger charge is -2.06. The van der Waals surface area contributed by atoms with Gasteiger partial charge in [0.1, 0.15) is 12.0 Å². The highest BCUT2D eigenvalue weighted by Crippen LogP contribution is 2.11. The van der Waals surface area contributed by atoms with Crippen LogP contribution in [0.1, 0.15) is 36.0 Å². The Bertz CT molecular complexity index is 487. The number of benzene rings is 1. The number of unbranched alkanes of at least 4 members (excludes halogenated alkanes) is 3. The molecule has 0 aliphatic carbocycles. The van der Waals surface area contributed by atoms with Gasteiger partial charge in [-0.2, -0.15) is 0 Å². The zero-order chi connectivity index (χ0) is 16.2. The Labute approximate surface area is 128 Å². The first-order valence-electron chi connectivity index (χ1n) is 7.09. The molecule has 0 fully saturated rings. The summed E-state index contributed by atoms with van der Waals surface area (Å²) in [6, 6.07) is 6.25. The zero-order valence-electron chi connectivity index (χ0n) is 12.2. The van der Waals surface area contributed by atoms with Crippen LogP contribution in [0.25, 0.3) is 0 Å². The molecule has 0 radical (unpaired) electrons. The van der Waals surface area contributed by atoms with E-state index in [0.717, 1.165) is 32.0 Å². The molecule has 0 saturated carbocycles. The Kier molecular flexibility index (Phi) is 8.10. The number of carbonyl (C=O) groups excluding carboxylic acids is 2. The maximum absolute atomic E-state index is 11.5. The lowest BCUT2D eigenvalue weighted by atomic mass is 10.2. The fraction of sp³-hybridized carbons (Fsp3) is 0.400. The third kappa shape index (κ3) is 7.88. The molecule has 3 N–H and O–H groups in total. The largest absolute Gasteiger partial charge is 0.465 e. The maximum Gasteiger partial charge on any atom is 0.412 e. The zero-order valence-corrected chi connectivity index (χ0v) is 12.2. The molecule has 0 bridgehead atoms. The molecule has 0 aromatic heterocycles. The molecule has 0 atom stereocenters. The third-order valence-corrected chi connectivity index (χ3v) is 2.88. The Morgan fingerprint density at radius 2 is 1.59 bits per heavy atom. The van der Waals surface area contributed by atoms with E-state index < -0.39 is 12.2 Å². The Morgan fingerprint density at radius 1 is 1.00 bits per heavy atom. The summed E-state index contributed by atoms with van der Waals surface area (Å²) in [6.45, 7) is 0.944. The van der Waals surface area contributed by atoms with Crippen molar-refractivity contribution in [3.8, 4) is 5.75 Å². The highest BCUT2D eigenvalue weighted by atomic mass is 16.6. The predicted molar refractivity (Wildman–Crippen MR) is 80.4 cm³/mol. The standard InChI is InChI=1S/C15H20N2O5/c18-11-12-5-7-13(8-6-12)22-15(21)17-10-4-2-1-3-9-16-14(19)20/h5-8,11,16H,1-4,9-10H2,(H,17,21)(H,19,20). The summed E-state index contributed by atoms with van der Waals surface area (Å²) in [5.74, 6) is 0.378. The van der Waals surface area contributed by atoms with Crippen LogP contribution in [0.2, 0.25) is 0 Å². The minimum absolute atomic E-state index is 0.378. The Balaban J connectivity index is 2.05. The van der Waals surface area contributed by atoms with Crippen molar-refractivity contribution in [3.63, 3.8) is 0 Å². The number of hydrogen-bond donors (Lipinski definition) is 3. The van der Waals surface area contributed by atoms with E-state index in [0.29, 0.717) is 24.4 Å². The molecule has 120 valence electrons. The third-order valence-electron chi connectivity index (χ3n) is 2.88. The summed E-state index contributed by atoms with van der Waals surface area (Å²) in [6.07, 6.45) is 2.54. The molecule has 0 aliphatic rings. The maximum atomic E-state index is 11.5. The van der Waals surface area contributed by atoms with E-state index in [9.17, 15) is 14.4 Å². The molecule has 0 spiro atoms. The molecule has 1 aromatic carbocycles. The van der Waals surface area contributed by atoms with Gasteiger partial charge in [0.15, 0.2) is 0 Å². The van der Waals surface area contributed by atoms with Crippen molar-refractivity contribution in [1.82, 2.24) is 10.6 Å². The summed E-state index contributed by atoms with van der Waals surface area (Å²) >= 11 is 0. The minimum atomic E-state index is -1.01. The minimum Gasteiger partial charge on any atom is -0.465 e. The molecule has 1 aromatic rings. The molecule has 0 heterocycles. The molecule has 1 rings (SSSR count). The smallest absolute Gasteiger partial charge is 0.412 e. The fourth-order valence-electron chi connectivity index (χ4n) is 1.75. The molecule has 7 nitrogen and oxygen atoms in total. The first-order chi connectivity index (χ1) is 10.6. The monoisotopic (exact) mass is 308 g/mol. The molecule has 0 saturated heterocycles. The van der Waals surface area contributed by atoms with Crippen LogP contribution in [0.3, 0.4) is 0 Å². The highest BCUT2D eigenvalue weighted by molar-refractivity contribution is 5.75. The lowest BCUT2D eigenvalue weighted by Crippen LogP contribution is -2.27. The van der Waals surface area contributed by atoms with Crippen LogP contribution >= 0.6 is 0 Å². The Hall–Kier alpha value is -2.57. The van der Waals surface area contributed by atoms with Gasteiger partial charge in [0.2, 0.25) is 0 Å². The molecule has 2 amide bonds. The second-order valence-corrected chi connectivity index (χ2v) is 4.65. The summed E-state index contributed by atoms with van der Waals surface area (Å²) < 4.78 is 5.04. The van der Waals surface area contributed by atoms with Crippen molar-refractivity contribution >= 4 is 18.5 Å². The van der Waals surface area contributed by atoms with E-state index in [1.165, 1.54) is 0 Å². The number of amides is 2. The van der Waals surface area contributed by atoms with Crippen molar-refractivity contribution in [2.45, 2.75) is 25.7 Å². The summed E-state index contributed by atoms with van der Waals surface area (Å²) in [7, 11) is 0. The topological polar surface area (TPSA) is 105 Å². The van der Waals surface area contributed by atoms with Gasteiger partial charge in [0.25, 0.3) is 0 Å². The van der Waals surface area contributed by atoms with Gasteiger partial charge in [-0.05, 0) is 37.1 Å². The average Bonchev–Trinajstić information content (AvgIpc) is 2.50. The van der Waals surface area contributed by atoms with Crippen LogP contribution in [0.15, 0.2) is 24.3 Å². The van der Waals surface area contributed by atoms with Crippen LogP contribution in [0.5, 0.6) is 5.75 Å². The molecular weight excluding hydrogens is 288 g/mol. The van der Waals surface area contributed by atoms with E-state index >= 15 is 0 Å². The number of carbonyl (C=O) groups is 3. The molecule has 0 unspecified atom stereocenters. The van der Waals surface area contributed by atoms with Crippen LogP contribution in [-0.2, 0) is 0 Å². The second kappa shape index (κ2) is 10.2. The number of carboxylic acid groups (broad SMARTS) is 1. The highest BCUT2D eigenvalue weighted by Gasteiger charge is 2.03. The van der Waals surface area contributed by atoms with Gasteiger partial charge < -0.3 is 20.5 Å². The van der Waals surface area contributed by atoms with Crippen LogP contribution < -0.4 is 15.4 Å². The van der Waals surface area contributed by atoms with Crippen LogP contribution in [0, 0.1) is 0 Å². The van der Waals surface area contributed by atoms with E-state index in [4.69, 9.17) is 9.84 Å². The number of aldehydes is 1. The van der Waals surface area contributed by atoms with Gasteiger partial charge in [-0.25, -0.2) is 9.59 Å². The van der Waals surface area contributed by atoms with Crippen molar-refractivity contribution < 1.29 is 24.2 Å². The van der Waals surface area contributed by atoms with Gasteiger partial charge in [0, 0.05) is 18.7 Å². The fourth-order valence-corrected chi connectivity index (χ4v) is 1.75. The van der Waals surface area contributed by atoms with Gasteiger partial charge in [-0.15, -0.1) is 0 Å². The van der Waals surface area contributed by atoms with Crippen molar-refractivity contribution in [2.75, 3.05) is 13.1 Å². The van der Waals surface area contributed by atoms with E-state index in [1.807, 2.05) is 0 Å². The molecule has 0 aliphatic heterocycles. The van der Waals surface area contributed by atoms with Gasteiger partial charge in [-0.3, -0.25) is 4.79 Å². The van der Waals surface area contributed by atoms with Crippen molar-refractivity contribution in [1.29, 1.82) is 0 Å². The molecular formula is C15H20N2O5. The van der Waals surface area contributed by atoms with Gasteiger partial charge in [0.05, 0.1) is 0 Å². The SMILES string of the molecule is O=Cc1ccc(OC(=O)NCCCCCCNC(=O)O)cc1. The predicted octanol–water partition coefficient (Wildman–Crippen LogP) is 2.42. The van der Waals surface area contributed by atoms with E-state index in [-0.39, 0.29) is 0 Å². The Morgan fingerprint density at radius 3 is 2.14 bits per heavy atom. The van der Waals surface area contributed by atoms with Crippen LogP contribution in [-0.4, -0.2) is 36.7 Å². The number of ether oxygens (including phenoxy) is 1. The van der Waals surface area contributed by atoms with E-state index in [1.54, 1.807) is 24.3 Å². The summed E-state index contributed by atoms with van der Waals surface area (Å²) in [4.78, 5) is 32.2. The second-order valence-electron chi connectivity index (χ2n) is 4.65. The number of rotatable bonds is 9. The molecule has 22 heavy (non-hydrogen) atoms. The normalized spacial score (nSPS) is 9.82. The number of hydrogen-bond acceptors (Lipinski definition) is 4. The van der Waals surface area contributed by atoms with Crippen molar-refractivity contribution in [3.05, 3.63) is 29.8 Å². The first-order valence-corrected chi connectivity index (χ1v) is 7.09. The molecule has 7 heteroatoms. The van der Waals surface area contributed by atoms with Crippen molar-refractivity contribution in [2.24, 2.45) is 0 Å².